The van der Waals surface area contributed by atoms with Gasteiger partial charge in [-0.2, -0.15) is 0 Å². The Hall–Kier alpha value is -0.990. The molecule has 0 radical (unpaired) electrons. The summed E-state index contributed by atoms with van der Waals surface area (Å²) >= 11 is 6.21. The molecule has 3 heteroatoms. The Labute approximate surface area is 113 Å². The van der Waals surface area contributed by atoms with Crippen molar-refractivity contribution in [1.29, 1.82) is 0 Å². The fourth-order valence-electron chi connectivity index (χ4n) is 3.26. The third-order valence-electron chi connectivity index (χ3n) is 4.45. The Morgan fingerprint density at radius 1 is 1.22 bits per heavy atom. The maximum absolute atomic E-state index is 6.21. The van der Waals surface area contributed by atoms with E-state index in [0.29, 0.717) is 0 Å². The number of hydrogen-bond acceptors (Lipinski definition) is 1. The molecule has 1 aliphatic carbocycles. The largest absolute Gasteiger partial charge is 0.360 e. The van der Waals surface area contributed by atoms with Gasteiger partial charge in [-0.05, 0) is 30.5 Å². The quantitative estimate of drug-likeness (QED) is 0.845. The molecule has 3 rings (SSSR count). The van der Waals surface area contributed by atoms with Crippen molar-refractivity contribution < 1.29 is 0 Å². The predicted molar refractivity (Wildman–Crippen MR) is 77.1 cm³/mol. The molecule has 0 atom stereocenters. The highest BCUT2D eigenvalue weighted by atomic mass is 35.5. The van der Waals surface area contributed by atoms with Crippen molar-refractivity contribution in [3.63, 3.8) is 0 Å². The van der Waals surface area contributed by atoms with E-state index >= 15 is 0 Å². The van der Waals surface area contributed by atoms with Crippen LogP contribution in [-0.4, -0.2) is 11.5 Å². The summed E-state index contributed by atoms with van der Waals surface area (Å²) in [6.07, 6.45) is 8.18. The third kappa shape index (κ3) is 1.84. The molecular formula is C15H19ClN2. The molecule has 1 aromatic carbocycles. The van der Waals surface area contributed by atoms with Gasteiger partial charge in [-0.3, -0.25) is 0 Å². The summed E-state index contributed by atoms with van der Waals surface area (Å²) in [6.45, 7) is 0.737. The lowest BCUT2D eigenvalue weighted by Crippen LogP contribution is -2.37. The average Bonchev–Trinajstić information content (AvgIpc) is 2.81. The number of H-pyrrole nitrogens is 1. The lowest BCUT2D eigenvalue weighted by molar-refractivity contribution is 0.301. The van der Waals surface area contributed by atoms with Crippen LogP contribution < -0.4 is 5.73 Å². The highest BCUT2D eigenvalue weighted by molar-refractivity contribution is 6.35. The Balaban J connectivity index is 2.08. The monoisotopic (exact) mass is 262 g/mol. The number of nitrogens with two attached hydrogens (primary N) is 1. The molecule has 1 aromatic heterocycles. The van der Waals surface area contributed by atoms with Crippen LogP contribution in [0.3, 0.4) is 0 Å². The van der Waals surface area contributed by atoms with Gasteiger partial charge >= 0.3 is 0 Å². The predicted octanol–water partition coefficient (Wildman–Crippen LogP) is 3.98. The van der Waals surface area contributed by atoms with Crippen molar-refractivity contribution in [2.45, 2.75) is 37.5 Å². The van der Waals surface area contributed by atoms with E-state index < -0.39 is 0 Å². The zero-order valence-electron chi connectivity index (χ0n) is 10.5. The lowest BCUT2D eigenvalue weighted by Gasteiger charge is -2.37. The Morgan fingerprint density at radius 2 is 2.00 bits per heavy atom. The van der Waals surface area contributed by atoms with Gasteiger partial charge in [-0.1, -0.05) is 36.9 Å². The molecule has 0 bridgehead atoms. The van der Waals surface area contributed by atoms with Crippen molar-refractivity contribution in [1.82, 2.24) is 4.98 Å². The molecule has 1 saturated carbocycles. The zero-order valence-corrected chi connectivity index (χ0v) is 11.3. The average molecular weight is 263 g/mol. The maximum atomic E-state index is 6.21. The summed E-state index contributed by atoms with van der Waals surface area (Å²) in [7, 11) is 0. The van der Waals surface area contributed by atoms with Crippen molar-refractivity contribution in [3.8, 4) is 0 Å². The topological polar surface area (TPSA) is 41.8 Å². The van der Waals surface area contributed by atoms with E-state index in [-0.39, 0.29) is 5.41 Å². The molecule has 96 valence electrons. The summed E-state index contributed by atoms with van der Waals surface area (Å²) in [4.78, 5) is 3.19. The second kappa shape index (κ2) is 4.60. The summed E-state index contributed by atoms with van der Waals surface area (Å²) in [5.41, 5.74) is 8.72. The zero-order chi connectivity index (χ0) is 12.6. The molecule has 0 aliphatic heterocycles. The third-order valence-corrected chi connectivity index (χ3v) is 4.76. The van der Waals surface area contributed by atoms with Crippen LogP contribution in [0.5, 0.6) is 0 Å². The van der Waals surface area contributed by atoms with Crippen molar-refractivity contribution in [3.05, 3.63) is 35.0 Å². The first kappa shape index (κ1) is 12.1. The van der Waals surface area contributed by atoms with Gasteiger partial charge in [-0.15, -0.1) is 0 Å². The van der Waals surface area contributed by atoms with Crippen molar-refractivity contribution in [2.75, 3.05) is 6.54 Å². The molecule has 1 aliphatic rings. The maximum Gasteiger partial charge on any atom is 0.0659 e. The standard InChI is InChI=1S/C15H19ClN2/c16-13-9-18-14-5-4-11(8-12(13)14)15(10-17)6-2-1-3-7-15/h4-5,8-9,18H,1-3,6-7,10,17H2. The first-order valence-corrected chi connectivity index (χ1v) is 7.10. The highest BCUT2D eigenvalue weighted by Crippen LogP contribution is 2.40. The number of aromatic nitrogens is 1. The number of fused-ring (bicyclic) bond motifs is 1. The Kier molecular flexibility index (Phi) is 3.08. The molecule has 2 nitrogen and oxygen atoms in total. The van der Waals surface area contributed by atoms with E-state index in [1.165, 1.54) is 37.7 Å². The summed E-state index contributed by atoms with van der Waals surface area (Å²) < 4.78 is 0. The van der Waals surface area contributed by atoms with Gasteiger partial charge in [0.05, 0.1) is 5.02 Å². The molecule has 0 spiro atoms. The number of hydrogen-bond donors (Lipinski definition) is 2. The fourth-order valence-corrected chi connectivity index (χ4v) is 3.47. The van der Waals surface area contributed by atoms with E-state index in [1.807, 2.05) is 6.20 Å². The first-order valence-electron chi connectivity index (χ1n) is 6.72. The van der Waals surface area contributed by atoms with E-state index in [0.717, 1.165) is 22.5 Å². The number of halogens is 1. The fraction of sp³-hybridized carbons (Fsp3) is 0.467. The second-order valence-electron chi connectivity index (χ2n) is 5.44. The minimum atomic E-state index is 0.174. The van der Waals surface area contributed by atoms with Crippen LogP contribution in [0.4, 0.5) is 0 Å². The lowest BCUT2D eigenvalue weighted by atomic mass is 9.69. The summed E-state index contributed by atoms with van der Waals surface area (Å²) in [5, 5.41) is 1.92. The molecule has 0 amide bonds. The first-order chi connectivity index (χ1) is 8.75. The van der Waals surface area contributed by atoms with Crippen LogP contribution in [0.15, 0.2) is 24.4 Å². The van der Waals surface area contributed by atoms with E-state index in [4.69, 9.17) is 17.3 Å². The van der Waals surface area contributed by atoms with Crippen LogP contribution in [0.1, 0.15) is 37.7 Å². The number of benzene rings is 1. The Bertz CT molecular complexity index is 553. The number of aromatic amines is 1. The molecular weight excluding hydrogens is 244 g/mol. The molecule has 0 saturated heterocycles. The van der Waals surface area contributed by atoms with Gasteiger partial charge in [-0.25, -0.2) is 0 Å². The molecule has 3 N–H and O–H groups in total. The molecule has 1 fully saturated rings. The van der Waals surface area contributed by atoms with Gasteiger partial charge in [0, 0.05) is 29.1 Å². The molecule has 0 unspecified atom stereocenters. The second-order valence-corrected chi connectivity index (χ2v) is 5.85. The van der Waals surface area contributed by atoms with Crippen LogP contribution >= 0.6 is 11.6 Å². The smallest absolute Gasteiger partial charge is 0.0659 e. The number of rotatable bonds is 2. The molecule has 2 aromatic rings. The van der Waals surface area contributed by atoms with Gasteiger partial charge in [0.15, 0.2) is 0 Å². The summed E-state index contributed by atoms with van der Waals surface area (Å²) in [6, 6.07) is 6.57. The van der Waals surface area contributed by atoms with Gasteiger partial charge < -0.3 is 10.7 Å². The van der Waals surface area contributed by atoms with Crippen LogP contribution in [-0.2, 0) is 5.41 Å². The molecule has 1 heterocycles. The van der Waals surface area contributed by atoms with Gasteiger partial charge in [0.1, 0.15) is 0 Å². The highest BCUT2D eigenvalue weighted by Gasteiger charge is 2.32. The van der Waals surface area contributed by atoms with Crippen LogP contribution in [0.25, 0.3) is 10.9 Å². The molecule has 18 heavy (non-hydrogen) atoms. The van der Waals surface area contributed by atoms with Gasteiger partial charge in [0.2, 0.25) is 0 Å². The van der Waals surface area contributed by atoms with Crippen LogP contribution in [0.2, 0.25) is 5.02 Å². The normalized spacial score (nSPS) is 19.2. The van der Waals surface area contributed by atoms with E-state index in [1.54, 1.807) is 0 Å². The summed E-state index contributed by atoms with van der Waals surface area (Å²) in [5.74, 6) is 0. The van der Waals surface area contributed by atoms with Crippen LogP contribution in [0, 0.1) is 0 Å². The van der Waals surface area contributed by atoms with Crippen molar-refractivity contribution in [2.24, 2.45) is 5.73 Å². The minimum Gasteiger partial charge on any atom is -0.360 e. The Morgan fingerprint density at radius 3 is 2.72 bits per heavy atom. The van der Waals surface area contributed by atoms with E-state index in [9.17, 15) is 0 Å². The SMILES string of the molecule is NCC1(c2ccc3[nH]cc(Cl)c3c2)CCCCC1. The van der Waals surface area contributed by atoms with E-state index in [2.05, 4.69) is 23.2 Å². The minimum absolute atomic E-state index is 0.174. The van der Waals surface area contributed by atoms with Crippen molar-refractivity contribution >= 4 is 22.5 Å². The van der Waals surface area contributed by atoms with Gasteiger partial charge in [0.25, 0.3) is 0 Å². The number of nitrogens with one attached hydrogen (secondary N) is 1.